The molecule has 0 spiro atoms. The fourth-order valence-corrected chi connectivity index (χ4v) is 2.71. The molecule has 1 aromatic heterocycles. The molecule has 2 amide bonds. The normalized spacial score (nSPS) is 10.3. The number of carbonyl (C=O) groups is 2. The van der Waals surface area contributed by atoms with Crippen LogP contribution in [-0.2, 0) is 16.1 Å². The van der Waals surface area contributed by atoms with Gasteiger partial charge in [-0.15, -0.1) is 0 Å². The van der Waals surface area contributed by atoms with Crippen LogP contribution >= 0.6 is 27.3 Å². The molecular weight excluding hydrogens is 370 g/mol. The number of amides is 2. The Kier molecular flexibility index (Phi) is 5.51. The van der Waals surface area contributed by atoms with E-state index in [4.69, 9.17) is 0 Å². The predicted octanol–water partition coefficient (Wildman–Crippen LogP) is 1.74. The van der Waals surface area contributed by atoms with Crippen molar-refractivity contribution in [1.29, 1.82) is 0 Å². The molecule has 2 aromatic rings. The number of aryl methyl sites for hydroxylation is 1. The van der Waals surface area contributed by atoms with E-state index in [2.05, 4.69) is 26.6 Å². The summed E-state index contributed by atoms with van der Waals surface area (Å²) in [6, 6.07) is 7.11. The van der Waals surface area contributed by atoms with E-state index in [0.29, 0.717) is 5.69 Å². The number of aromatic nitrogens is 1. The Morgan fingerprint density at radius 3 is 2.50 bits per heavy atom. The van der Waals surface area contributed by atoms with E-state index in [0.717, 1.165) is 21.5 Å². The molecule has 0 saturated carbocycles. The average Bonchev–Trinajstić information content (AvgIpc) is 2.79. The maximum atomic E-state index is 11.8. The van der Waals surface area contributed by atoms with Crippen LogP contribution in [0.2, 0.25) is 0 Å². The van der Waals surface area contributed by atoms with Crippen LogP contribution < -0.4 is 15.5 Å². The van der Waals surface area contributed by atoms with Crippen LogP contribution in [-0.4, -0.2) is 22.9 Å². The average molecular weight is 384 g/mol. The highest BCUT2D eigenvalue weighted by Gasteiger charge is 2.10. The number of nitrogens with one attached hydrogen (secondary N) is 2. The molecule has 0 saturated heterocycles. The highest BCUT2D eigenvalue weighted by molar-refractivity contribution is 9.10. The minimum absolute atomic E-state index is 0.0836. The van der Waals surface area contributed by atoms with Crippen molar-refractivity contribution in [3.63, 3.8) is 0 Å². The number of halogens is 1. The summed E-state index contributed by atoms with van der Waals surface area (Å²) in [5, 5.41) is 6.85. The third kappa shape index (κ3) is 4.54. The molecule has 0 unspecified atom stereocenters. The molecule has 0 aliphatic rings. The molecule has 0 aliphatic heterocycles. The number of anilines is 1. The first kappa shape index (κ1) is 16.4. The Morgan fingerprint density at radius 2 is 1.91 bits per heavy atom. The monoisotopic (exact) mass is 383 g/mol. The largest absolute Gasteiger partial charge is 0.345 e. The highest BCUT2D eigenvalue weighted by Crippen LogP contribution is 2.13. The van der Waals surface area contributed by atoms with Crippen molar-refractivity contribution in [3.8, 4) is 0 Å². The minimum atomic E-state index is -0.380. The van der Waals surface area contributed by atoms with E-state index >= 15 is 0 Å². The Bertz CT molecular complexity index is 737. The van der Waals surface area contributed by atoms with Gasteiger partial charge in [0.05, 0.1) is 6.54 Å². The summed E-state index contributed by atoms with van der Waals surface area (Å²) in [6.45, 7) is 1.53. The Balaban J connectivity index is 1.82. The molecule has 2 rings (SSSR count). The van der Waals surface area contributed by atoms with Gasteiger partial charge in [0, 0.05) is 21.2 Å². The second kappa shape index (κ2) is 7.37. The fourth-order valence-electron chi connectivity index (χ4n) is 1.71. The minimum Gasteiger partial charge on any atom is -0.345 e. The molecule has 2 N–H and O–H groups in total. The van der Waals surface area contributed by atoms with Crippen LogP contribution in [0, 0.1) is 6.92 Å². The molecule has 0 atom stereocenters. The van der Waals surface area contributed by atoms with Crippen LogP contribution in [0.25, 0.3) is 0 Å². The lowest BCUT2D eigenvalue weighted by Gasteiger charge is -2.08. The zero-order chi connectivity index (χ0) is 16.1. The van der Waals surface area contributed by atoms with Gasteiger partial charge in [-0.2, -0.15) is 0 Å². The standard InChI is InChI=1S/C14H14BrN3O3S/c1-9-8-22-14(21)18(9)7-13(20)16-6-12(19)17-11-4-2-10(15)3-5-11/h2-5,8H,6-7H2,1H3,(H,16,20)(H,17,19). The summed E-state index contributed by atoms with van der Waals surface area (Å²) in [4.78, 5) is 34.8. The number of hydrogen-bond donors (Lipinski definition) is 2. The van der Waals surface area contributed by atoms with Crippen molar-refractivity contribution in [1.82, 2.24) is 9.88 Å². The maximum absolute atomic E-state index is 11.8. The molecule has 6 nitrogen and oxygen atoms in total. The van der Waals surface area contributed by atoms with E-state index in [-0.39, 0.29) is 29.8 Å². The van der Waals surface area contributed by atoms with E-state index in [1.807, 2.05) is 0 Å². The zero-order valence-corrected chi connectivity index (χ0v) is 14.2. The molecule has 116 valence electrons. The summed E-state index contributed by atoms with van der Waals surface area (Å²) in [5.41, 5.74) is 1.37. The Hall–Kier alpha value is -1.93. The summed E-state index contributed by atoms with van der Waals surface area (Å²) in [5.74, 6) is -0.709. The third-order valence-electron chi connectivity index (χ3n) is 2.85. The number of benzene rings is 1. The Morgan fingerprint density at radius 1 is 1.23 bits per heavy atom. The second-order valence-corrected chi connectivity index (χ2v) is 6.30. The lowest BCUT2D eigenvalue weighted by molar-refractivity contribution is -0.124. The van der Waals surface area contributed by atoms with E-state index in [1.54, 1.807) is 36.6 Å². The summed E-state index contributed by atoms with van der Waals surface area (Å²) < 4.78 is 2.28. The molecule has 0 fully saturated rings. The van der Waals surface area contributed by atoms with Crippen molar-refractivity contribution in [3.05, 3.63) is 49.5 Å². The van der Waals surface area contributed by atoms with Gasteiger partial charge in [-0.3, -0.25) is 19.0 Å². The van der Waals surface area contributed by atoms with E-state index in [1.165, 1.54) is 4.57 Å². The van der Waals surface area contributed by atoms with Crippen LogP contribution in [0.1, 0.15) is 5.69 Å². The molecular formula is C14H14BrN3O3S. The van der Waals surface area contributed by atoms with Gasteiger partial charge in [0.15, 0.2) is 0 Å². The van der Waals surface area contributed by atoms with Gasteiger partial charge in [0.1, 0.15) is 6.54 Å². The first-order valence-electron chi connectivity index (χ1n) is 6.43. The number of nitrogens with zero attached hydrogens (tertiary/aromatic N) is 1. The van der Waals surface area contributed by atoms with Gasteiger partial charge < -0.3 is 10.6 Å². The number of thiazole rings is 1. The highest BCUT2D eigenvalue weighted by atomic mass is 79.9. The molecule has 0 aliphatic carbocycles. The van der Waals surface area contributed by atoms with Crippen molar-refractivity contribution in [2.24, 2.45) is 0 Å². The summed E-state index contributed by atoms with van der Waals surface area (Å²) >= 11 is 4.35. The van der Waals surface area contributed by atoms with E-state index in [9.17, 15) is 14.4 Å². The second-order valence-electron chi connectivity index (χ2n) is 4.56. The maximum Gasteiger partial charge on any atom is 0.307 e. The number of carbonyl (C=O) groups excluding carboxylic acids is 2. The molecule has 1 heterocycles. The van der Waals surface area contributed by atoms with Gasteiger partial charge in [-0.05, 0) is 31.2 Å². The number of rotatable bonds is 5. The van der Waals surface area contributed by atoms with Gasteiger partial charge >= 0.3 is 4.87 Å². The molecule has 0 radical (unpaired) electrons. The van der Waals surface area contributed by atoms with Gasteiger partial charge in [0.2, 0.25) is 11.8 Å². The van der Waals surface area contributed by atoms with E-state index < -0.39 is 0 Å². The smallest absolute Gasteiger partial charge is 0.307 e. The van der Waals surface area contributed by atoms with Crippen molar-refractivity contribution in [2.75, 3.05) is 11.9 Å². The fraction of sp³-hybridized carbons (Fsp3) is 0.214. The van der Waals surface area contributed by atoms with Crippen LogP contribution in [0.4, 0.5) is 5.69 Å². The van der Waals surface area contributed by atoms with Gasteiger partial charge in [-0.1, -0.05) is 27.3 Å². The third-order valence-corrected chi connectivity index (χ3v) is 4.26. The lowest BCUT2D eigenvalue weighted by atomic mass is 10.3. The van der Waals surface area contributed by atoms with Crippen LogP contribution in [0.15, 0.2) is 38.9 Å². The molecule has 22 heavy (non-hydrogen) atoms. The SMILES string of the molecule is Cc1csc(=O)n1CC(=O)NCC(=O)Nc1ccc(Br)cc1. The summed E-state index contributed by atoms with van der Waals surface area (Å²) in [7, 11) is 0. The van der Waals surface area contributed by atoms with Crippen LogP contribution in [0.3, 0.4) is 0 Å². The van der Waals surface area contributed by atoms with Crippen molar-refractivity contribution >= 4 is 44.8 Å². The molecule has 1 aromatic carbocycles. The summed E-state index contributed by atoms with van der Waals surface area (Å²) in [6.07, 6.45) is 0. The zero-order valence-electron chi connectivity index (χ0n) is 11.8. The number of hydrogen-bond acceptors (Lipinski definition) is 4. The van der Waals surface area contributed by atoms with Gasteiger partial charge in [-0.25, -0.2) is 0 Å². The topological polar surface area (TPSA) is 80.2 Å². The molecule has 8 heteroatoms. The predicted molar refractivity (Wildman–Crippen MR) is 89.1 cm³/mol. The van der Waals surface area contributed by atoms with Crippen molar-refractivity contribution in [2.45, 2.75) is 13.5 Å². The Labute approximate surface area is 139 Å². The lowest BCUT2D eigenvalue weighted by Crippen LogP contribution is -2.36. The quantitative estimate of drug-likeness (QED) is 0.824. The van der Waals surface area contributed by atoms with Crippen molar-refractivity contribution < 1.29 is 9.59 Å². The van der Waals surface area contributed by atoms with Crippen LogP contribution in [0.5, 0.6) is 0 Å². The first-order valence-corrected chi connectivity index (χ1v) is 8.10. The first-order chi connectivity index (χ1) is 10.5. The molecule has 0 bridgehead atoms. The van der Waals surface area contributed by atoms with Gasteiger partial charge in [0.25, 0.3) is 0 Å².